The number of carbonyl (C=O) groups excluding carboxylic acids is 2. The second-order valence-electron chi connectivity index (χ2n) is 12.4. The van der Waals surface area contributed by atoms with Crippen molar-refractivity contribution in [3.63, 3.8) is 0 Å². The lowest BCUT2D eigenvalue weighted by atomic mass is 9.99. The molecule has 0 aliphatic heterocycles. The van der Waals surface area contributed by atoms with Crippen LogP contribution < -0.4 is 0 Å². The van der Waals surface area contributed by atoms with Crippen molar-refractivity contribution in [2.24, 2.45) is 5.92 Å². The summed E-state index contributed by atoms with van der Waals surface area (Å²) >= 11 is 0. The van der Waals surface area contributed by atoms with Crippen LogP contribution in [-0.4, -0.2) is 47.6 Å². The average Bonchev–Trinajstić information content (AvgIpc) is 3.05. The van der Waals surface area contributed by atoms with Crippen LogP contribution in [0.1, 0.15) is 149 Å². The van der Waals surface area contributed by atoms with Crippen LogP contribution in [0, 0.1) is 5.92 Å². The van der Waals surface area contributed by atoms with E-state index in [2.05, 4.69) is 44.2 Å². The molecule has 0 aromatic carbocycles. The molecule has 0 saturated heterocycles. The summed E-state index contributed by atoms with van der Waals surface area (Å²) in [6.45, 7) is 6.19. The van der Waals surface area contributed by atoms with Crippen LogP contribution in [0.15, 0.2) is 60.8 Å². The summed E-state index contributed by atoms with van der Waals surface area (Å²) in [7, 11) is 0. The number of aliphatic hydroxyl groups is 2. The van der Waals surface area contributed by atoms with E-state index in [4.69, 9.17) is 9.47 Å². The van der Waals surface area contributed by atoms with Crippen molar-refractivity contribution in [3.05, 3.63) is 60.8 Å². The largest absolute Gasteiger partial charge is 0.462 e. The molecule has 3 atom stereocenters. The number of hydrogen-bond donors (Lipinski definition) is 2. The first-order chi connectivity index (χ1) is 22.4. The second kappa shape index (κ2) is 33.9. The minimum atomic E-state index is -0.814. The Labute approximate surface area is 282 Å². The summed E-state index contributed by atoms with van der Waals surface area (Å²) in [6.07, 6.45) is 39.0. The minimum absolute atomic E-state index is 0.101. The summed E-state index contributed by atoms with van der Waals surface area (Å²) in [6, 6.07) is 0. The molecule has 0 aliphatic carbocycles. The quantitative estimate of drug-likeness (QED) is 0.0338. The van der Waals surface area contributed by atoms with Crippen LogP contribution in [-0.2, 0) is 19.1 Å². The Kier molecular flexibility index (Phi) is 32.1. The van der Waals surface area contributed by atoms with E-state index in [9.17, 15) is 19.8 Å². The molecule has 264 valence electrons. The molecule has 0 rings (SSSR count). The highest BCUT2D eigenvalue weighted by Gasteiger charge is 2.16. The van der Waals surface area contributed by atoms with E-state index in [1.807, 2.05) is 37.3 Å². The third-order valence-electron chi connectivity index (χ3n) is 7.94. The predicted octanol–water partition coefficient (Wildman–Crippen LogP) is 10.1. The van der Waals surface area contributed by atoms with Gasteiger partial charge in [0, 0.05) is 12.8 Å². The minimum Gasteiger partial charge on any atom is -0.462 e. The van der Waals surface area contributed by atoms with Gasteiger partial charge in [-0.05, 0) is 50.9 Å². The first-order valence-electron chi connectivity index (χ1n) is 18.3. The average molecular weight is 645 g/mol. The normalized spacial score (nSPS) is 14.3. The molecule has 6 nitrogen and oxygen atoms in total. The van der Waals surface area contributed by atoms with Crippen LogP contribution in [0.3, 0.4) is 0 Å². The van der Waals surface area contributed by atoms with Gasteiger partial charge in [0.25, 0.3) is 0 Å². The van der Waals surface area contributed by atoms with Crippen LogP contribution in [0.25, 0.3) is 0 Å². The second-order valence-corrected chi connectivity index (χ2v) is 12.4. The van der Waals surface area contributed by atoms with Gasteiger partial charge in [0.15, 0.2) is 6.10 Å². The van der Waals surface area contributed by atoms with Gasteiger partial charge >= 0.3 is 11.9 Å². The molecule has 0 heterocycles. The van der Waals surface area contributed by atoms with E-state index >= 15 is 0 Å². The Balaban J connectivity index is 3.75. The van der Waals surface area contributed by atoms with E-state index in [0.717, 1.165) is 50.9 Å². The zero-order valence-electron chi connectivity index (χ0n) is 29.6. The number of ether oxygens (including phenoxy) is 2. The van der Waals surface area contributed by atoms with Crippen molar-refractivity contribution in [3.8, 4) is 0 Å². The molecule has 0 bridgehead atoms. The Hall–Kier alpha value is -2.44. The highest BCUT2D eigenvalue weighted by molar-refractivity contribution is 5.70. The highest BCUT2D eigenvalue weighted by Crippen LogP contribution is 2.15. The molecule has 2 unspecified atom stereocenters. The lowest BCUT2D eigenvalue weighted by Gasteiger charge is -2.15. The maximum absolute atomic E-state index is 12.1. The van der Waals surface area contributed by atoms with Gasteiger partial charge < -0.3 is 19.7 Å². The van der Waals surface area contributed by atoms with E-state index in [-0.39, 0.29) is 31.6 Å². The van der Waals surface area contributed by atoms with Gasteiger partial charge in [0.1, 0.15) is 6.61 Å². The summed E-state index contributed by atoms with van der Waals surface area (Å²) in [5.74, 6) is 0.182. The summed E-state index contributed by atoms with van der Waals surface area (Å²) in [5.41, 5.74) is 0. The van der Waals surface area contributed by atoms with Crippen LogP contribution in [0.4, 0.5) is 0 Å². The first kappa shape index (κ1) is 43.6. The fourth-order valence-corrected chi connectivity index (χ4v) is 4.76. The molecular weight excluding hydrogens is 576 g/mol. The molecule has 0 radical (unpaired) electrons. The Bertz CT molecular complexity index is 856. The van der Waals surface area contributed by atoms with Crippen molar-refractivity contribution in [2.45, 2.75) is 161 Å². The summed E-state index contributed by atoms with van der Waals surface area (Å²) in [5, 5.41) is 19.2. The molecule has 0 spiro atoms. The van der Waals surface area contributed by atoms with E-state index in [0.29, 0.717) is 19.3 Å². The SMILES string of the molecule is CC/C=C\C(O)C/C=C/C=C\C/C=C\C/C=C\CCCC(=O)O[C@@H](CO)COC(=O)CCCCCCCCCCCCC(C)CC. The van der Waals surface area contributed by atoms with Gasteiger partial charge in [-0.2, -0.15) is 0 Å². The molecule has 0 aromatic heterocycles. The predicted molar refractivity (Wildman–Crippen MR) is 192 cm³/mol. The molecule has 6 heteroatoms. The topological polar surface area (TPSA) is 93.1 Å². The molecule has 0 saturated carbocycles. The molecule has 0 amide bonds. The number of hydrogen-bond acceptors (Lipinski definition) is 6. The Morgan fingerprint density at radius 1 is 0.696 bits per heavy atom. The van der Waals surface area contributed by atoms with Crippen molar-refractivity contribution >= 4 is 11.9 Å². The van der Waals surface area contributed by atoms with Gasteiger partial charge in [-0.15, -0.1) is 0 Å². The van der Waals surface area contributed by atoms with Gasteiger partial charge in [0.05, 0.1) is 12.7 Å². The molecule has 0 aromatic rings. The number of aliphatic hydroxyl groups excluding tert-OH is 2. The summed E-state index contributed by atoms with van der Waals surface area (Å²) in [4.78, 5) is 24.2. The van der Waals surface area contributed by atoms with Crippen LogP contribution in [0.5, 0.6) is 0 Å². The Morgan fingerprint density at radius 3 is 1.93 bits per heavy atom. The number of allylic oxidation sites excluding steroid dienone is 8. The smallest absolute Gasteiger partial charge is 0.306 e. The van der Waals surface area contributed by atoms with Crippen LogP contribution in [0.2, 0.25) is 0 Å². The monoisotopic (exact) mass is 645 g/mol. The van der Waals surface area contributed by atoms with Crippen molar-refractivity contribution in [1.82, 2.24) is 0 Å². The fourth-order valence-electron chi connectivity index (χ4n) is 4.76. The van der Waals surface area contributed by atoms with Gasteiger partial charge in [0.2, 0.25) is 0 Å². The number of unbranched alkanes of at least 4 members (excludes halogenated alkanes) is 10. The Morgan fingerprint density at radius 2 is 1.28 bits per heavy atom. The van der Waals surface area contributed by atoms with E-state index in [1.165, 1.54) is 57.8 Å². The lowest BCUT2D eigenvalue weighted by molar-refractivity contribution is -0.161. The summed E-state index contributed by atoms with van der Waals surface area (Å²) < 4.78 is 10.5. The number of esters is 2. The highest BCUT2D eigenvalue weighted by atomic mass is 16.6. The molecule has 0 fully saturated rings. The van der Waals surface area contributed by atoms with Crippen molar-refractivity contribution in [2.75, 3.05) is 13.2 Å². The van der Waals surface area contributed by atoms with Crippen LogP contribution >= 0.6 is 0 Å². The fraction of sp³-hybridized carbons (Fsp3) is 0.700. The van der Waals surface area contributed by atoms with E-state index in [1.54, 1.807) is 0 Å². The zero-order chi connectivity index (χ0) is 33.9. The maximum Gasteiger partial charge on any atom is 0.306 e. The number of rotatable bonds is 31. The maximum atomic E-state index is 12.1. The van der Waals surface area contributed by atoms with E-state index < -0.39 is 12.2 Å². The van der Waals surface area contributed by atoms with Gasteiger partial charge in [-0.25, -0.2) is 0 Å². The van der Waals surface area contributed by atoms with Crippen molar-refractivity contribution < 1.29 is 29.3 Å². The third-order valence-corrected chi connectivity index (χ3v) is 7.94. The zero-order valence-corrected chi connectivity index (χ0v) is 29.6. The van der Waals surface area contributed by atoms with Gasteiger partial charge in [-0.1, -0.05) is 152 Å². The molecule has 0 aliphatic rings. The lowest BCUT2D eigenvalue weighted by Crippen LogP contribution is -2.28. The third kappa shape index (κ3) is 31.5. The van der Waals surface area contributed by atoms with Crippen molar-refractivity contribution in [1.29, 1.82) is 0 Å². The van der Waals surface area contributed by atoms with Gasteiger partial charge in [-0.3, -0.25) is 9.59 Å². The molecular formula is C40H68O6. The molecule has 2 N–H and O–H groups in total. The first-order valence-corrected chi connectivity index (χ1v) is 18.3. The standard InChI is InChI=1S/C40H68O6/c1-4-6-30-37(42)31-26-22-18-14-9-7-8-10-16-20-24-28-33-40(44)46-38(34-41)35-45-39(43)32-27-23-19-15-12-11-13-17-21-25-29-36(3)5-2/h6-8,14,16,18,20,22,26,30,36-38,41-42H,4-5,9-13,15,17,19,21,23-25,27-29,31-35H2,1-3H3/b8-7-,18-14-,20-16-,26-22+,30-6-/t36?,37?,38-/m0/s1. The molecule has 46 heavy (non-hydrogen) atoms. The number of carbonyl (C=O) groups is 2.